The second-order valence-corrected chi connectivity index (χ2v) is 6.04. The van der Waals surface area contributed by atoms with Crippen LogP contribution in [0.2, 0.25) is 0 Å². The van der Waals surface area contributed by atoms with Crippen LogP contribution >= 0.6 is 0 Å². The standard InChI is InChI=1S/C16H24O/c1-2-6-13(7-3-1)16-10-4-8-14(16)12-15-9-5-11-17-15/h5,9,11,13-14,16H,1-4,6-8,10,12H2. The first-order chi connectivity index (χ1) is 8.43. The fraction of sp³-hybridized carbons (Fsp3) is 0.750. The largest absolute Gasteiger partial charge is 0.469 e. The van der Waals surface area contributed by atoms with E-state index < -0.39 is 0 Å². The fourth-order valence-electron chi connectivity index (χ4n) is 4.19. The molecule has 2 aliphatic rings. The molecule has 2 saturated carbocycles. The molecule has 94 valence electrons. The van der Waals surface area contributed by atoms with Gasteiger partial charge in [0.25, 0.3) is 0 Å². The van der Waals surface area contributed by atoms with E-state index in [9.17, 15) is 0 Å². The van der Waals surface area contributed by atoms with Gasteiger partial charge in [0, 0.05) is 6.42 Å². The quantitative estimate of drug-likeness (QED) is 0.728. The Kier molecular flexibility index (Phi) is 3.54. The minimum absolute atomic E-state index is 0.907. The van der Waals surface area contributed by atoms with Crippen LogP contribution in [-0.2, 0) is 6.42 Å². The minimum Gasteiger partial charge on any atom is -0.469 e. The molecule has 0 radical (unpaired) electrons. The molecule has 1 nitrogen and oxygen atoms in total. The van der Waals surface area contributed by atoms with Crippen LogP contribution in [0.15, 0.2) is 22.8 Å². The number of rotatable bonds is 3. The van der Waals surface area contributed by atoms with Gasteiger partial charge in [-0.05, 0) is 42.7 Å². The molecule has 2 fully saturated rings. The van der Waals surface area contributed by atoms with Crippen LogP contribution in [-0.4, -0.2) is 0 Å². The van der Waals surface area contributed by atoms with Crippen molar-refractivity contribution in [3.8, 4) is 0 Å². The van der Waals surface area contributed by atoms with Gasteiger partial charge in [-0.3, -0.25) is 0 Å². The summed E-state index contributed by atoms with van der Waals surface area (Å²) >= 11 is 0. The third-order valence-electron chi connectivity index (χ3n) is 5.02. The van der Waals surface area contributed by atoms with Crippen molar-refractivity contribution in [1.82, 2.24) is 0 Å². The fourth-order valence-corrected chi connectivity index (χ4v) is 4.19. The molecule has 0 amide bonds. The van der Waals surface area contributed by atoms with Gasteiger partial charge in [0.05, 0.1) is 6.26 Å². The zero-order valence-electron chi connectivity index (χ0n) is 10.7. The van der Waals surface area contributed by atoms with Gasteiger partial charge in [-0.2, -0.15) is 0 Å². The summed E-state index contributed by atoms with van der Waals surface area (Å²) in [6.45, 7) is 0. The second kappa shape index (κ2) is 5.29. The molecule has 0 saturated heterocycles. The van der Waals surface area contributed by atoms with E-state index in [2.05, 4.69) is 6.07 Å². The van der Waals surface area contributed by atoms with E-state index in [4.69, 9.17) is 4.42 Å². The van der Waals surface area contributed by atoms with E-state index in [0.29, 0.717) is 0 Å². The summed E-state index contributed by atoms with van der Waals surface area (Å²) in [7, 11) is 0. The molecule has 0 bridgehead atoms. The third-order valence-corrected chi connectivity index (χ3v) is 5.02. The summed E-state index contributed by atoms with van der Waals surface area (Å²) in [5, 5.41) is 0. The van der Waals surface area contributed by atoms with Gasteiger partial charge in [-0.1, -0.05) is 38.5 Å². The third kappa shape index (κ3) is 2.59. The van der Waals surface area contributed by atoms with E-state index in [-0.39, 0.29) is 0 Å². The van der Waals surface area contributed by atoms with Gasteiger partial charge < -0.3 is 4.42 Å². The highest BCUT2D eigenvalue weighted by Crippen LogP contribution is 2.44. The number of furan rings is 1. The van der Waals surface area contributed by atoms with Gasteiger partial charge in [0.2, 0.25) is 0 Å². The van der Waals surface area contributed by atoms with Crippen LogP contribution in [0.1, 0.15) is 57.1 Å². The monoisotopic (exact) mass is 232 g/mol. The lowest BCUT2D eigenvalue weighted by Crippen LogP contribution is -2.22. The van der Waals surface area contributed by atoms with E-state index in [1.54, 1.807) is 0 Å². The summed E-state index contributed by atoms with van der Waals surface area (Å²) in [5.41, 5.74) is 0. The van der Waals surface area contributed by atoms with E-state index in [1.165, 1.54) is 63.5 Å². The summed E-state index contributed by atoms with van der Waals surface area (Å²) in [5.74, 6) is 4.15. The maximum atomic E-state index is 5.53. The van der Waals surface area contributed by atoms with Crippen LogP contribution in [0.25, 0.3) is 0 Å². The molecule has 1 aromatic rings. The van der Waals surface area contributed by atoms with Crippen molar-refractivity contribution < 1.29 is 4.42 Å². The summed E-state index contributed by atoms with van der Waals surface area (Å²) in [6, 6.07) is 4.18. The highest BCUT2D eigenvalue weighted by Gasteiger charge is 2.34. The Morgan fingerprint density at radius 3 is 2.65 bits per heavy atom. The molecule has 2 aliphatic carbocycles. The molecule has 2 atom stereocenters. The molecule has 0 aromatic carbocycles. The molecule has 0 N–H and O–H groups in total. The van der Waals surface area contributed by atoms with Crippen LogP contribution in [0.5, 0.6) is 0 Å². The lowest BCUT2D eigenvalue weighted by molar-refractivity contribution is 0.197. The van der Waals surface area contributed by atoms with E-state index in [0.717, 1.165) is 17.8 Å². The van der Waals surface area contributed by atoms with Crippen LogP contribution < -0.4 is 0 Å². The number of hydrogen-bond donors (Lipinski definition) is 0. The Bertz CT molecular complexity index is 321. The molecule has 2 unspecified atom stereocenters. The van der Waals surface area contributed by atoms with Gasteiger partial charge >= 0.3 is 0 Å². The maximum Gasteiger partial charge on any atom is 0.104 e. The zero-order valence-corrected chi connectivity index (χ0v) is 10.7. The Hall–Kier alpha value is -0.720. The normalized spacial score (nSPS) is 30.8. The molecule has 1 aromatic heterocycles. The average molecular weight is 232 g/mol. The van der Waals surface area contributed by atoms with Gasteiger partial charge in [0.1, 0.15) is 5.76 Å². The van der Waals surface area contributed by atoms with Crippen molar-refractivity contribution >= 4 is 0 Å². The first-order valence-corrected chi connectivity index (χ1v) is 7.46. The predicted octanol–water partition coefficient (Wildman–Crippen LogP) is 4.82. The smallest absolute Gasteiger partial charge is 0.104 e. The SMILES string of the molecule is c1coc(CC2CCCC2C2CCCCC2)c1. The molecule has 1 heteroatoms. The first-order valence-electron chi connectivity index (χ1n) is 7.46. The summed E-state index contributed by atoms with van der Waals surface area (Å²) < 4.78 is 5.53. The Balaban J connectivity index is 1.62. The molecular weight excluding hydrogens is 208 g/mol. The lowest BCUT2D eigenvalue weighted by atomic mass is 9.74. The Morgan fingerprint density at radius 1 is 1.00 bits per heavy atom. The molecule has 0 spiro atoms. The minimum atomic E-state index is 0.907. The van der Waals surface area contributed by atoms with E-state index in [1.807, 2.05) is 12.3 Å². The molecule has 3 rings (SSSR count). The average Bonchev–Trinajstić information content (AvgIpc) is 3.02. The molecule has 17 heavy (non-hydrogen) atoms. The Morgan fingerprint density at radius 2 is 1.88 bits per heavy atom. The van der Waals surface area contributed by atoms with Crippen molar-refractivity contribution in [3.05, 3.63) is 24.2 Å². The molecule has 0 aliphatic heterocycles. The summed E-state index contributed by atoms with van der Waals surface area (Å²) in [6.07, 6.45) is 14.8. The van der Waals surface area contributed by atoms with Crippen LogP contribution in [0.4, 0.5) is 0 Å². The highest BCUT2D eigenvalue weighted by molar-refractivity contribution is 5.01. The van der Waals surface area contributed by atoms with Crippen molar-refractivity contribution in [2.45, 2.75) is 57.8 Å². The van der Waals surface area contributed by atoms with Crippen molar-refractivity contribution in [3.63, 3.8) is 0 Å². The second-order valence-electron chi connectivity index (χ2n) is 6.04. The highest BCUT2D eigenvalue weighted by atomic mass is 16.3. The summed E-state index contributed by atoms with van der Waals surface area (Å²) in [4.78, 5) is 0. The molecular formula is C16H24O. The zero-order chi connectivity index (χ0) is 11.5. The van der Waals surface area contributed by atoms with Crippen LogP contribution in [0, 0.1) is 17.8 Å². The topological polar surface area (TPSA) is 13.1 Å². The predicted molar refractivity (Wildman–Crippen MR) is 69.8 cm³/mol. The van der Waals surface area contributed by atoms with Crippen molar-refractivity contribution in [2.24, 2.45) is 17.8 Å². The van der Waals surface area contributed by atoms with Gasteiger partial charge in [0.15, 0.2) is 0 Å². The maximum absolute atomic E-state index is 5.53. The number of hydrogen-bond acceptors (Lipinski definition) is 1. The van der Waals surface area contributed by atoms with Crippen molar-refractivity contribution in [2.75, 3.05) is 0 Å². The lowest BCUT2D eigenvalue weighted by Gasteiger charge is -2.31. The van der Waals surface area contributed by atoms with Crippen molar-refractivity contribution in [1.29, 1.82) is 0 Å². The van der Waals surface area contributed by atoms with Crippen LogP contribution in [0.3, 0.4) is 0 Å². The van der Waals surface area contributed by atoms with Gasteiger partial charge in [-0.25, -0.2) is 0 Å². The van der Waals surface area contributed by atoms with E-state index >= 15 is 0 Å². The molecule has 1 heterocycles. The Labute approximate surface area is 105 Å². The first kappa shape index (κ1) is 11.4. The van der Waals surface area contributed by atoms with Gasteiger partial charge in [-0.15, -0.1) is 0 Å².